The lowest BCUT2D eigenvalue weighted by Crippen LogP contribution is -2.36. The zero-order valence-corrected chi connectivity index (χ0v) is 14.2. The summed E-state index contributed by atoms with van der Waals surface area (Å²) >= 11 is 6.33. The maximum Gasteiger partial charge on any atom is 0.258 e. The predicted molar refractivity (Wildman–Crippen MR) is 91.1 cm³/mol. The maximum absolute atomic E-state index is 12.3. The van der Waals surface area contributed by atoms with E-state index in [0.29, 0.717) is 46.6 Å². The lowest BCUT2D eigenvalue weighted by atomic mass is 10.1. The molecule has 3 rings (SSSR count). The van der Waals surface area contributed by atoms with E-state index in [2.05, 4.69) is 5.32 Å². The van der Waals surface area contributed by atoms with Gasteiger partial charge in [0.25, 0.3) is 5.91 Å². The molecule has 2 aromatic rings. The van der Waals surface area contributed by atoms with Crippen LogP contribution < -0.4 is 19.5 Å². The molecule has 1 heterocycles. The highest BCUT2D eigenvalue weighted by molar-refractivity contribution is 6.32. The van der Waals surface area contributed by atoms with E-state index in [1.807, 2.05) is 19.9 Å². The first kappa shape index (κ1) is 16.5. The normalized spacial score (nSPS) is 16.0. The van der Waals surface area contributed by atoms with Crippen LogP contribution in [0.25, 0.3) is 0 Å². The average molecular weight is 348 g/mol. The second kappa shape index (κ2) is 7.01. The van der Waals surface area contributed by atoms with E-state index >= 15 is 0 Å². The van der Waals surface area contributed by atoms with Crippen LogP contribution in [0.4, 0.5) is 0 Å². The molecule has 0 fully saturated rings. The van der Waals surface area contributed by atoms with Crippen molar-refractivity contribution in [2.75, 3.05) is 13.2 Å². The molecule has 2 aromatic carbocycles. The highest BCUT2D eigenvalue weighted by atomic mass is 35.5. The van der Waals surface area contributed by atoms with Gasteiger partial charge < -0.3 is 19.5 Å². The number of ether oxygens (including phenoxy) is 3. The van der Waals surface area contributed by atoms with Crippen LogP contribution in [0.2, 0.25) is 5.02 Å². The SMILES string of the molecule is CCOc1cc([C@@H]2NC(=O)c3ccccc3O2)cc(Cl)c1OCC. The summed E-state index contributed by atoms with van der Waals surface area (Å²) in [6.45, 7) is 4.70. The highest BCUT2D eigenvalue weighted by Gasteiger charge is 2.27. The van der Waals surface area contributed by atoms with Gasteiger partial charge in [-0.2, -0.15) is 0 Å². The number of nitrogens with one attached hydrogen (secondary N) is 1. The Balaban J connectivity index is 1.97. The smallest absolute Gasteiger partial charge is 0.258 e. The van der Waals surface area contributed by atoms with Crippen LogP contribution in [-0.2, 0) is 0 Å². The number of hydrogen-bond acceptors (Lipinski definition) is 4. The number of hydrogen-bond donors (Lipinski definition) is 1. The molecule has 1 amide bonds. The topological polar surface area (TPSA) is 56.8 Å². The average Bonchev–Trinajstić information content (AvgIpc) is 2.58. The number of para-hydroxylation sites is 1. The first-order valence-corrected chi connectivity index (χ1v) is 8.17. The van der Waals surface area contributed by atoms with E-state index in [4.69, 9.17) is 25.8 Å². The lowest BCUT2D eigenvalue weighted by Gasteiger charge is -2.27. The monoisotopic (exact) mass is 347 g/mol. The van der Waals surface area contributed by atoms with E-state index in [1.54, 1.807) is 30.3 Å². The van der Waals surface area contributed by atoms with Gasteiger partial charge in [0.2, 0.25) is 0 Å². The second-order valence-corrected chi connectivity index (χ2v) is 5.57. The zero-order valence-electron chi connectivity index (χ0n) is 13.5. The Morgan fingerprint density at radius 1 is 1.17 bits per heavy atom. The molecule has 1 atom stereocenters. The fourth-order valence-electron chi connectivity index (χ4n) is 2.55. The number of fused-ring (bicyclic) bond motifs is 1. The quantitative estimate of drug-likeness (QED) is 0.889. The minimum Gasteiger partial charge on any atom is -0.490 e. The number of halogens is 1. The van der Waals surface area contributed by atoms with Crippen molar-refractivity contribution < 1.29 is 19.0 Å². The van der Waals surface area contributed by atoms with Crippen LogP contribution in [0.5, 0.6) is 17.2 Å². The summed E-state index contributed by atoms with van der Waals surface area (Å²) in [5, 5.41) is 3.23. The summed E-state index contributed by atoms with van der Waals surface area (Å²) in [6.07, 6.45) is -0.639. The molecular formula is C18H18ClNO4. The molecular weight excluding hydrogens is 330 g/mol. The maximum atomic E-state index is 12.3. The van der Waals surface area contributed by atoms with Crippen LogP contribution in [-0.4, -0.2) is 19.1 Å². The molecule has 1 aliphatic rings. The van der Waals surface area contributed by atoms with Crippen LogP contribution >= 0.6 is 11.6 Å². The molecule has 0 saturated heterocycles. The molecule has 6 heteroatoms. The molecule has 5 nitrogen and oxygen atoms in total. The van der Waals surface area contributed by atoms with Crippen molar-refractivity contribution >= 4 is 17.5 Å². The Morgan fingerprint density at radius 3 is 2.67 bits per heavy atom. The van der Waals surface area contributed by atoms with E-state index in [9.17, 15) is 4.79 Å². The van der Waals surface area contributed by atoms with Crippen molar-refractivity contribution in [3.63, 3.8) is 0 Å². The van der Waals surface area contributed by atoms with Crippen molar-refractivity contribution in [1.82, 2.24) is 5.32 Å². The van der Waals surface area contributed by atoms with Crippen molar-refractivity contribution in [2.24, 2.45) is 0 Å². The second-order valence-electron chi connectivity index (χ2n) is 5.16. The van der Waals surface area contributed by atoms with Gasteiger partial charge in [-0.15, -0.1) is 0 Å². The molecule has 0 spiro atoms. The van der Waals surface area contributed by atoms with Gasteiger partial charge >= 0.3 is 0 Å². The van der Waals surface area contributed by atoms with Crippen molar-refractivity contribution in [3.05, 3.63) is 52.5 Å². The van der Waals surface area contributed by atoms with E-state index in [-0.39, 0.29) is 5.91 Å². The molecule has 126 valence electrons. The molecule has 0 aliphatic carbocycles. The first-order valence-electron chi connectivity index (χ1n) is 7.79. The van der Waals surface area contributed by atoms with E-state index in [1.165, 1.54) is 0 Å². The highest BCUT2D eigenvalue weighted by Crippen LogP contribution is 2.39. The van der Waals surface area contributed by atoms with Crippen LogP contribution in [0.1, 0.15) is 36.0 Å². The lowest BCUT2D eigenvalue weighted by molar-refractivity contribution is 0.0755. The van der Waals surface area contributed by atoms with Crippen LogP contribution in [0.15, 0.2) is 36.4 Å². The predicted octanol–water partition coefficient (Wildman–Crippen LogP) is 3.96. The summed E-state index contributed by atoms with van der Waals surface area (Å²) in [4.78, 5) is 12.3. The Kier molecular flexibility index (Phi) is 4.81. The molecule has 0 saturated carbocycles. The molecule has 0 bridgehead atoms. The Morgan fingerprint density at radius 2 is 1.92 bits per heavy atom. The Bertz CT molecular complexity index is 763. The summed E-state index contributed by atoms with van der Waals surface area (Å²) < 4.78 is 17.1. The number of rotatable bonds is 5. The minimum absolute atomic E-state index is 0.190. The molecule has 1 aliphatic heterocycles. The number of carbonyl (C=O) groups excluding carboxylic acids is 1. The third-order valence-electron chi connectivity index (χ3n) is 3.56. The summed E-state index contributed by atoms with van der Waals surface area (Å²) in [5.74, 6) is 1.37. The molecule has 0 unspecified atom stereocenters. The van der Waals surface area contributed by atoms with Crippen molar-refractivity contribution in [1.29, 1.82) is 0 Å². The third-order valence-corrected chi connectivity index (χ3v) is 3.84. The van der Waals surface area contributed by atoms with Gasteiger partial charge in [-0.1, -0.05) is 23.7 Å². The summed E-state index contributed by atoms with van der Waals surface area (Å²) in [5.41, 5.74) is 1.20. The summed E-state index contributed by atoms with van der Waals surface area (Å²) in [6, 6.07) is 10.6. The van der Waals surface area contributed by atoms with Crippen LogP contribution in [0, 0.1) is 0 Å². The largest absolute Gasteiger partial charge is 0.490 e. The van der Waals surface area contributed by atoms with Gasteiger partial charge in [0.15, 0.2) is 17.7 Å². The van der Waals surface area contributed by atoms with Crippen LogP contribution in [0.3, 0.4) is 0 Å². The van der Waals surface area contributed by atoms with Gasteiger partial charge in [-0.05, 0) is 38.1 Å². The molecule has 0 radical (unpaired) electrons. The summed E-state index contributed by atoms with van der Waals surface area (Å²) in [7, 11) is 0. The number of carbonyl (C=O) groups is 1. The van der Waals surface area contributed by atoms with Gasteiger partial charge in [0, 0.05) is 5.56 Å². The molecule has 24 heavy (non-hydrogen) atoms. The van der Waals surface area contributed by atoms with E-state index in [0.717, 1.165) is 0 Å². The van der Waals surface area contributed by atoms with Gasteiger partial charge in [-0.3, -0.25) is 4.79 Å². The number of benzene rings is 2. The van der Waals surface area contributed by atoms with Crippen molar-refractivity contribution in [2.45, 2.75) is 20.1 Å². The standard InChI is InChI=1S/C18H18ClNO4/c1-3-22-15-10-11(9-13(19)16(15)23-4-2)18-20-17(21)12-7-5-6-8-14(12)24-18/h5-10,18H,3-4H2,1-2H3,(H,20,21)/t18-/m1/s1. The van der Waals surface area contributed by atoms with Gasteiger partial charge in [-0.25, -0.2) is 0 Å². The van der Waals surface area contributed by atoms with E-state index < -0.39 is 6.23 Å². The first-order chi connectivity index (χ1) is 11.6. The van der Waals surface area contributed by atoms with Gasteiger partial charge in [0.05, 0.1) is 23.8 Å². The Labute approximate surface area is 145 Å². The third kappa shape index (κ3) is 3.12. The fraction of sp³-hybridized carbons (Fsp3) is 0.278. The van der Waals surface area contributed by atoms with Gasteiger partial charge in [0.1, 0.15) is 5.75 Å². The molecule has 0 aromatic heterocycles. The number of amides is 1. The minimum atomic E-state index is -0.639. The fourth-order valence-corrected chi connectivity index (χ4v) is 2.82. The Hall–Kier alpha value is -2.40. The zero-order chi connectivity index (χ0) is 17.1. The van der Waals surface area contributed by atoms with Crippen molar-refractivity contribution in [3.8, 4) is 17.2 Å². The molecule has 1 N–H and O–H groups in total.